The van der Waals surface area contributed by atoms with Crippen LogP contribution in [0.3, 0.4) is 0 Å². The molecule has 0 saturated carbocycles. The fourth-order valence-corrected chi connectivity index (χ4v) is 2.57. The molecule has 3 nitrogen and oxygen atoms in total. The van der Waals surface area contributed by atoms with Gasteiger partial charge in [0.25, 0.3) is 0 Å². The van der Waals surface area contributed by atoms with Crippen LogP contribution in [-0.2, 0) is 4.79 Å². The van der Waals surface area contributed by atoms with Gasteiger partial charge in [-0.15, -0.1) is 0 Å². The molecule has 2 rings (SSSR count). The number of piperidine rings is 1. The molecule has 0 spiro atoms. The molecule has 104 valence electrons. The van der Waals surface area contributed by atoms with E-state index in [1.165, 1.54) is 6.07 Å². The summed E-state index contributed by atoms with van der Waals surface area (Å²) < 4.78 is 13.1. The first-order chi connectivity index (χ1) is 9.10. The van der Waals surface area contributed by atoms with Crippen molar-refractivity contribution in [3.05, 3.63) is 29.6 Å². The molecule has 4 heteroatoms. The Morgan fingerprint density at radius 1 is 1.42 bits per heavy atom. The Hall–Kier alpha value is -1.58. The quantitative estimate of drug-likeness (QED) is 0.910. The molecule has 0 aliphatic carbocycles. The number of anilines is 1. The van der Waals surface area contributed by atoms with Crippen molar-refractivity contribution in [3.8, 4) is 0 Å². The van der Waals surface area contributed by atoms with E-state index in [9.17, 15) is 9.18 Å². The van der Waals surface area contributed by atoms with Gasteiger partial charge in [-0.3, -0.25) is 4.79 Å². The van der Waals surface area contributed by atoms with Crippen molar-refractivity contribution >= 4 is 11.6 Å². The van der Waals surface area contributed by atoms with Crippen LogP contribution in [0.4, 0.5) is 10.1 Å². The number of nitrogens with one attached hydrogen (secondary N) is 1. The number of benzene rings is 1. The summed E-state index contributed by atoms with van der Waals surface area (Å²) >= 11 is 0. The standard InChI is InChI=1S/C15H21FN2O/c1-3-15(19)17-13-6-8-18(9-7-13)14-5-4-12(16)10-11(14)2/h4-5,10,13H,3,6-9H2,1-2H3,(H,17,19). The average molecular weight is 264 g/mol. The Morgan fingerprint density at radius 2 is 2.11 bits per heavy atom. The van der Waals surface area contributed by atoms with E-state index in [1.807, 2.05) is 19.9 Å². The second kappa shape index (κ2) is 6.04. The number of hydrogen-bond acceptors (Lipinski definition) is 2. The fraction of sp³-hybridized carbons (Fsp3) is 0.533. The van der Waals surface area contributed by atoms with Crippen LogP contribution in [0.1, 0.15) is 31.7 Å². The maximum Gasteiger partial charge on any atom is 0.219 e. The number of carbonyl (C=O) groups excluding carboxylic acids is 1. The molecule has 1 aliphatic heterocycles. The Kier molecular flexibility index (Phi) is 4.40. The van der Waals surface area contributed by atoms with Crippen molar-refractivity contribution in [3.63, 3.8) is 0 Å². The van der Waals surface area contributed by atoms with Crippen LogP contribution < -0.4 is 10.2 Å². The number of amides is 1. The van der Waals surface area contributed by atoms with Gasteiger partial charge in [-0.2, -0.15) is 0 Å². The third-order valence-electron chi connectivity index (χ3n) is 3.68. The van der Waals surface area contributed by atoms with Gasteiger partial charge in [0.05, 0.1) is 0 Å². The summed E-state index contributed by atoms with van der Waals surface area (Å²) in [5, 5.41) is 3.04. The maximum absolute atomic E-state index is 13.1. The van der Waals surface area contributed by atoms with Crippen LogP contribution in [-0.4, -0.2) is 25.0 Å². The molecule has 1 aromatic carbocycles. The van der Waals surface area contributed by atoms with Gasteiger partial charge in [-0.05, 0) is 43.5 Å². The van der Waals surface area contributed by atoms with Crippen molar-refractivity contribution in [1.82, 2.24) is 5.32 Å². The summed E-state index contributed by atoms with van der Waals surface area (Å²) in [6, 6.07) is 5.20. The zero-order chi connectivity index (χ0) is 13.8. The van der Waals surface area contributed by atoms with Gasteiger partial charge in [0, 0.05) is 31.2 Å². The molecule has 1 aromatic rings. The number of halogens is 1. The van der Waals surface area contributed by atoms with E-state index in [0.717, 1.165) is 37.2 Å². The predicted octanol–water partition coefficient (Wildman–Crippen LogP) is 2.63. The number of hydrogen-bond donors (Lipinski definition) is 1. The SMILES string of the molecule is CCC(=O)NC1CCN(c2ccc(F)cc2C)CC1. The second-order valence-electron chi connectivity index (χ2n) is 5.11. The van der Waals surface area contributed by atoms with Crippen molar-refractivity contribution in [1.29, 1.82) is 0 Å². The van der Waals surface area contributed by atoms with E-state index < -0.39 is 0 Å². The van der Waals surface area contributed by atoms with Gasteiger partial charge in [0.1, 0.15) is 5.82 Å². The minimum absolute atomic E-state index is 0.122. The lowest BCUT2D eigenvalue weighted by atomic mass is 10.0. The Balaban J connectivity index is 1.94. The molecule has 19 heavy (non-hydrogen) atoms. The molecular weight excluding hydrogens is 243 g/mol. The lowest BCUT2D eigenvalue weighted by Crippen LogP contribution is -2.44. The molecule has 0 radical (unpaired) electrons. The molecule has 1 heterocycles. The molecule has 1 N–H and O–H groups in total. The average Bonchev–Trinajstić information content (AvgIpc) is 2.40. The molecule has 0 atom stereocenters. The van der Waals surface area contributed by atoms with Crippen molar-refractivity contribution in [2.45, 2.75) is 39.2 Å². The highest BCUT2D eigenvalue weighted by Gasteiger charge is 2.21. The first kappa shape index (κ1) is 13.8. The summed E-state index contributed by atoms with van der Waals surface area (Å²) in [6.07, 6.45) is 2.43. The molecule has 0 unspecified atom stereocenters. The minimum atomic E-state index is -0.189. The van der Waals surface area contributed by atoms with Gasteiger partial charge < -0.3 is 10.2 Å². The first-order valence-electron chi connectivity index (χ1n) is 6.90. The van der Waals surface area contributed by atoms with E-state index in [2.05, 4.69) is 10.2 Å². The molecule has 1 fully saturated rings. The van der Waals surface area contributed by atoms with Crippen LogP contribution in [0.5, 0.6) is 0 Å². The normalized spacial score (nSPS) is 16.5. The van der Waals surface area contributed by atoms with Crippen molar-refractivity contribution < 1.29 is 9.18 Å². The Morgan fingerprint density at radius 3 is 2.68 bits per heavy atom. The lowest BCUT2D eigenvalue weighted by Gasteiger charge is -2.34. The monoisotopic (exact) mass is 264 g/mol. The van der Waals surface area contributed by atoms with Gasteiger partial charge >= 0.3 is 0 Å². The van der Waals surface area contributed by atoms with E-state index in [1.54, 1.807) is 6.07 Å². The zero-order valence-corrected chi connectivity index (χ0v) is 11.6. The Bertz CT molecular complexity index is 453. The summed E-state index contributed by atoms with van der Waals surface area (Å²) in [5.41, 5.74) is 2.07. The van der Waals surface area contributed by atoms with Crippen LogP contribution in [0.15, 0.2) is 18.2 Å². The molecule has 1 saturated heterocycles. The summed E-state index contributed by atoms with van der Waals surface area (Å²) in [7, 11) is 0. The lowest BCUT2D eigenvalue weighted by molar-refractivity contribution is -0.121. The highest BCUT2D eigenvalue weighted by molar-refractivity contribution is 5.75. The van der Waals surface area contributed by atoms with Crippen LogP contribution >= 0.6 is 0 Å². The van der Waals surface area contributed by atoms with Crippen LogP contribution in [0, 0.1) is 12.7 Å². The largest absolute Gasteiger partial charge is 0.371 e. The summed E-state index contributed by atoms with van der Waals surface area (Å²) in [4.78, 5) is 13.6. The van der Waals surface area contributed by atoms with Crippen molar-refractivity contribution in [2.24, 2.45) is 0 Å². The minimum Gasteiger partial charge on any atom is -0.371 e. The second-order valence-corrected chi connectivity index (χ2v) is 5.11. The highest BCUT2D eigenvalue weighted by Crippen LogP contribution is 2.24. The van der Waals surface area contributed by atoms with E-state index in [4.69, 9.17) is 0 Å². The molecule has 1 amide bonds. The van der Waals surface area contributed by atoms with Crippen LogP contribution in [0.2, 0.25) is 0 Å². The van der Waals surface area contributed by atoms with Crippen molar-refractivity contribution in [2.75, 3.05) is 18.0 Å². The maximum atomic E-state index is 13.1. The zero-order valence-electron chi connectivity index (χ0n) is 11.6. The van der Waals surface area contributed by atoms with Gasteiger partial charge in [-0.1, -0.05) is 6.92 Å². The Labute approximate surface area is 113 Å². The number of aryl methyl sites for hydroxylation is 1. The van der Waals surface area contributed by atoms with E-state index in [0.29, 0.717) is 6.42 Å². The summed E-state index contributed by atoms with van der Waals surface area (Å²) in [6.45, 7) is 5.61. The molecule has 0 aromatic heterocycles. The number of carbonyl (C=O) groups is 1. The third-order valence-corrected chi connectivity index (χ3v) is 3.68. The smallest absolute Gasteiger partial charge is 0.219 e. The third kappa shape index (κ3) is 3.46. The van der Waals surface area contributed by atoms with Crippen LogP contribution in [0.25, 0.3) is 0 Å². The fourth-order valence-electron chi connectivity index (χ4n) is 2.57. The number of rotatable bonds is 3. The van der Waals surface area contributed by atoms with Gasteiger partial charge in [-0.25, -0.2) is 4.39 Å². The molecule has 0 bridgehead atoms. The first-order valence-corrected chi connectivity index (χ1v) is 6.90. The van der Waals surface area contributed by atoms with E-state index in [-0.39, 0.29) is 17.8 Å². The van der Waals surface area contributed by atoms with Gasteiger partial charge in [0.15, 0.2) is 0 Å². The number of nitrogens with zero attached hydrogens (tertiary/aromatic N) is 1. The summed E-state index contributed by atoms with van der Waals surface area (Å²) in [5.74, 6) is -0.0669. The van der Waals surface area contributed by atoms with E-state index >= 15 is 0 Å². The highest BCUT2D eigenvalue weighted by atomic mass is 19.1. The molecule has 1 aliphatic rings. The topological polar surface area (TPSA) is 32.3 Å². The van der Waals surface area contributed by atoms with Gasteiger partial charge in [0.2, 0.25) is 5.91 Å². The predicted molar refractivity (Wildman–Crippen MR) is 74.8 cm³/mol. The molecular formula is C15H21FN2O.